The van der Waals surface area contributed by atoms with Gasteiger partial charge in [0.25, 0.3) is 0 Å². The van der Waals surface area contributed by atoms with Gasteiger partial charge < -0.3 is 10.6 Å². The highest BCUT2D eigenvalue weighted by molar-refractivity contribution is 5.60. The van der Waals surface area contributed by atoms with Crippen LogP contribution < -0.4 is 10.6 Å². The van der Waals surface area contributed by atoms with Gasteiger partial charge in [-0.2, -0.15) is 0 Å². The van der Waals surface area contributed by atoms with Crippen LogP contribution in [-0.4, -0.2) is 0 Å². The molecular formula is C18H22N2. The highest BCUT2D eigenvalue weighted by Crippen LogP contribution is 2.20. The zero-order chi connectivity index (χ0) is 14.5. The quantitative estimate of drug-likeness (QED) is 0.821. The second-order valence-corrected chi connectivity index (χ2v) is 5.16. The Hall–Kier alpha value is -2.22. The van der Waals surface area contributed by atoms with E-state index in [0.717, 1.165) is 0 Å². The predicted octanol–water partition coefficient (Wildman–Crippen LogP) is 4.92. The molecule has 2 nitrogen and oxygen atoms in total. The first-order valence-corrected chi connectivity index (χ1v) is 6.90. The third-order valence-electron chi connectivity index (χ3n) is 3.50. The highest BCUT2D eigenvalue weighted by atomic mass is 14.9. The molecule has 2 N–H and O–H groups in total. The fraction of sp³-hybridized carbons (Fsp3) is 0.222. The molecule has 0 aliphatic rings. The maximum absolute atomic E-state index is 3.35. The molecule has 104 valence electrons. The average Bonchev–Trinajstić information content (AvgIpc) is 2.40. The van der Waals surface area contributed by atoms with Crippen molar-refractivity contribution in [2.75, 3.05) is 10.6 Å². The van der Waals surface area contributed by atoms with Crippen LogP contribution in [0.4, 0.5) is 11.4 Å². The van der Waals surface area contributed by atoms with E-state index >= 15 is 0 Å². The minimum atomic E-state index is 1.17. The Morgan fingerprint density at radius 2 is 0.900 bits per heavy atom. The molecule has 0 atom stereocenters. The second kappa shape index (κ2) is 6.29. The van der Waals surface area contributed by atoms with Crippen molar-refractivity contribution in [3.05, 3.63) is 71.1 Å². The van der Waals surface area contributed by atoms with Crippen LogP contribution in [0.15, 0.2) is 48.8 Å². The third kappa shape index (κ3) is 3.21. The van der Waals surface area contributed by atoms with E-state index in [-0.39, 0.29) is 0 Å². The van der Waals surface area contributed by atoms with E-state index in [9.17, 15) is 0 Å². The van der Waals surface area contributed by atoms with Crippen molar-refractivity contribution >= 4 is 11.4 Å². The van der Waals surface area contributed by atoms with Crippen LogP contribution in [0.2, 0.25) is 0 Å². The van der Waals surface area contributed by atoms with Gasteiger partial charge in [-0.3, -0.25) is 0 Å². The van der Waals surface area contributed by atoms with Gasteiger partial charge in [-0.05, 0) is 49.9 Å². The number of anilines is 2. The summed E-state index contributed by atoms with van der Waals surface area (Å²) in [6, 6.07) is 12.6. The summed E-state index contributed by atoms with van der Waals surface area (Å²) < 4.78 is 0. The smallest absolute Gasteiger partial charge is 0.0439 e. The van der Waals surface area contributed by atoms with Gasteiger partial charge in [-0.1, -0.05) is 36.4 Å². The van der Waals surface area contributed by atoms with E-state index in [0.29, 0.717) is 0 Å². The maximum Gasteiger partial charge on any atom is 0.0439 e. The lowest BCUT2D eigenvalue weighted by Crippen LogP contribution is -1.98. The average molecular weight is 266 g/mol. The normalized spacial score (nSPS) is 10.8. The van der Waals surface area contributed by atoms with Crippen LogP contribution in [0, 0.1) is 27.7 Å². The molecule has 0 unspecified atom stereocenters. The molecule has 20 heavy (non-hydrogen) atoms. The molecule has 0 bridgehead atoms. The standard InChI is InChI=1S/C18H22N2/c1-13-7-5-8-14(2)17(13)19-11-12-20-18-15(3)9-6-10-16(18)4/h5-12,19-20H,1-4H3. The number of nitrogens with one attached hydrogen (secondary N) is 2. The lowest BCUT2D eigenvalue weighted by Gasteiger charge is -2.11. The van der Waals surface area contributed by atoms with Crippen molar-refractivity contribution < 1.29 is 0 Å². The van der Waals surface area contributed by atoms with Crippen molar-refractivity contribution in [1.82, 2.24) is 0 Å². The molecule has 0 heterocycles. The van der Waals surface area contributed by atoms with Gasteiger partial charge in [0.05, 0.1) is 0 Å². The number of aryl methyl sites for hydroxylation is 4. The predicted molar refractivity (Wildman–Crippen MR) is 88.2 cm³/mol. The Bertz CT molecular complexity index is 531. The summed E-state index contributed by atoms with van der Waals surface area (Å²) in [5.41, 5.74) is 7.35. The Morgan fingerprint density at radius 3 is 1.20 bits per heavy atom. The van der Waals surface area contributed by atoms with Gasteiger partial charge in [0.2, 0.25) is 0 Å². The Balaban J connectivity index is 2.05. The zero-order valence-electron chi connectivity index (χ0n) is 12.6. The maximum atomic E-state index is 3.35. The van der Waals surface area contributed by atoms with E-state index in [4.69, 9.17) is 0 Å². The summed E-state index contributed by atoms with van der Waals surface area (Å²) in [6.45, 7) is 8.45. The Morgan fingerprint density at radius 1 is 0.600 bits per heavy atom. The summed E-state index contributed by atoms with van der Waals surface area (Å²) >= 11 is 0. The monoisotopic (exact) mass is 266 g/mol. The lowest BCUT2D eigenvalue weighted by atomic mass is 10.1. The van der Waals surface area contributed by atoms with Crippen molar-refractivity contribution in [2.45, 2.75) is 27.7 Å². The van der Waals surface area contributed by atoms with Crippen LogP contribution in [-0.2, 0) is 0 Å². The van der Waals surface area contributed by atoms with Crippen LogP contribution in [0.25, 0.3) is 0 Å². The molecule has 0 saturated heterocycles. The van der Waals surface area contributed by atoms with E-state index in [1.54, 1.807) is 0 Å². The van der Waals surface area contributed by atoms with Crippen molar-refractivity contribution in [1.29, 1.82) is 0 Å². The summed E-state index contributed by atoms with van der Waals surface area (Å²) in [5.74, 6) is 0. The summed E-state index contributed by atoms with van der Waals surface area (Å²) in [7, 11) is 0. The number of para-hydroxylation sites is 2. The first-order valence-electron chi connectivity index (χ1n) is 6.90. The number of rotatable bonds is 4. The van der Waals surface area contributed by atoms with Gasteiger partial charge >= 0.3 is 0 Å². The molecular weight excluding hydrogens is 244 g/mol. The molecule has 2 aromatic carbocycles. The molecule has 0 saturated carbocycles. The highest BCUT2D eigenvalue weighted by Gasteiger charge is 2.00. The molecule has 0 radical (unpaired) electrons. The zero-order valence-corrected chi connectivity index (χ0v) is 12.6. The topological polar surface area (TPSA) is 24.1 Å². The van der Waals surface area contributed by atoms with Gasteiger partial charge in [0.15, 0.2) is 0 Å². The summed E-state index contributed by atoms with van der Waals surface area (Å²) in [6.07, 6.45) is 3.89. The van der Waals surface area contributed by atoms with Crippen LogP contribution in [0.3, 0.4) is 0 Å². The van der Waals surface area contributed by atoms with Crippen LogP contribution >= 0.6 is 0 Å². The SMILES string of the molecule is Cc1cccc(C)c1NC=CNc1c(C)cccc1C. The molecule has 0 spiro atoms. The molecule has 0 aliphatic carbocycles. The van der Waals surface area contributed by atoms with Gasteiger partial charge in [-0.25, -0.2) is 0 Å². The first-order chi connectivity index (χ1) is 9.59. The Kier molecular flexibility index (Phi) is 4.46. The minimum absolute atomic E-state index is 1.17. The van der Waals surface area contributed by atoms with Gasteiger partial charge in [-0.15, -0.1) is 0 Å². The minimum Gasteiger partial charge on any atom is -0.360 e. The molecule has 2 rings (SSSR count). The first kappa shape index (κ1) is 14.2. The summed E-state index contributed by atoms with van der Waals surface area (Å²) in [4.78, 5) is 0. The van der Waals surface area contributed by atoms with Crippen LogP contribution in [0.1, 0.15) is 22.3 Å². The molecule has 0 amide bonds. The fourth-order valence-corrected chi connectivity index (χ4v) is 2.33. The summed E-state index contributed by atoms with van der Waals surface area (Å²) in [5, 5.41) is 6.69. The fourth-order valence-electron chi connectivity index (χ4n) is 2.33. The number of hydrogen-bond donors (Lipinski definition) is 2. The van der Waals surface area contributed by atoms with Gasteiger partial charge in [0, 0.05) is 23.8 Å². The third-order valence-corrected chi connectivity index (χ3v) is 3.50. The largest absolute Gasteiger partial charge is 0.360 e. The van der Waals surface area contributed by atoms with Crippen molar-refractivity contribution in [3.8, 4) is 0 Å². The van der Waals surface area contributed by atoms with E-state index in [1.807, 2.05) is 12.4 Å². The molecule has 2 aromatic rings. The van der Waals surface area contributed by atoms with Crippen molar-refractivity contribution in [2.24, 2.45) is 0 Å². The second-order valence-electron chi connectivity index (χ2n) is 5.16. The molecule has 0 aliphatic heterocycles. The lowest BCUT2D eigenvalue weighted by molar-refractivity contribution is 1.34. The van der Waals surface area contributed by atoms with Crippen molar-refractivity contribution in [3.63, 3.8) is 0 Å². The van der Waals surface area contributed by atoms with E-state index in [1.165, 1.54) is 33.6 Å². The van der Waals surface area contributed by atoms with Gasteiger partial charge in [0.1, 0.15) is 0 Å². The Labute approximate surface area is 121 Å². The van der Waals surface area contributed by atoms with E-state index < -0.39 is 0 Å². The van der Waals surface area contributed by atoms with Crippen LogP contribution in [0.5, 0.6) is 0 Å². The molecule has 2 heteroatoms. The molecule has 0 aromatic heterocycles. The molecule has 0 fully saturated rings. The number of hydrogen-bond acceptors (Lipinski definition) is 2. The number of benzene rings is 2. The van der Waals surface area contributed by atoms with E-state index in [2.05, 4.69) is 74.7 Å².